The number of amides is 1. The van der Waals surface area contributed by atoms with Crippen LogP contribution in [0, 0.1) is 5.92 Å². The molecule has 0 spiro atoms. The number of anilines is 1. The Morgan fingerprint density at radius 1 is 1.47 bits per heavy atom. The number of carbonyl (C=O) groups excluding carboxylic acids is 1. The van der Waals surface area contributed by atoms with Crippen molar-refractivity contribution in [2.75, 3.05) is 11.9 Å². The Bertz CT molecular complexity index is 417. The third kappa shape index (κ3) is 3.51. The molecule has 92 valence electrons. The van der Waals surface area contributed by atoms with E-state index in [2.05, 4.69) is 5.32 Å². The number of rotatable bonds is 4. The van der Waals surface area contributed by atoms with E-state index in [1.807, 2.05) is 0 Å². The molecule has 1 fully saturated rings. The first-order valence-electron chi connectivity index (χ1n) is 5.35. The van der Waals surface area contributed by atoms with E-state index in [0.29, 0.717) is 6.61 Å². The van der Waals surface area contributed by atoms with Gasteiger partial charge in [-0.1, -0.05) is 0 Å². The molecule has 1 amide bonds. The quantitative estimate of drug-likeness (QED) is 0.856. The Morgan fingerprint density at radius 2 is 2.06 bits per heavy atom. The Morgan fingerprint density at radius 3 is 2.53 bits per heavy atom. The van der Waals surface area contributed by atoms with Gasteiger partial charge in [0.2, 0.25) is 5.91 Å². The second-order valence-electron chi connectivity index (χ2n) is 4.18. The van der Waals surface area contributed by atoms with Crippen molar-refractivity contribution in [2.24, 2.45) is 5.92 Å². The van der Waals surface area contributed by atoms with Crippen LogP contribution >= 0.6 is 23.2 Å². The van der Waals surface area contributed by atoms with E-state index in [4.69, 9.17) is 27.9 Å². The molecule has 0 radical (unpaired) electrons. The normalized spacial score (nSPS) is 20.8. The molecule has 1 aliphatic rings. The van der Waals surface area contributed by atoms with Crippen molar-refractivity contribution in [3.05, 3.63) is 24.3 Å². The van der Waals surface area contributed by atoms with Gasteiger partial charge in [0.05, 0.1) is 6.61 Å². The van der Waals surface area contributed by atoms with Gasteiger partial charge in [0, 0.05) is 18.5 Å². The van der Waals surface area contributed by atoms with E-state index in [9.17, 15) is 4.79 Å². The minimum atomic E-state index is -0.601. The lowest BCUT2D eigenvalue weighted by Gasteiger charge is -2.07. The first-order chi connectivity index (χ1) is 7.97. The number of carbonyl (C=O) groups is 1. The maximum Gasteiger partial charge on any atom is 0.221 e. The summed E-state index contributed by atoms with van der Waals surface area (Å²) in [6, 6.07) is 7.19. The zero-order valence-electron chi connectivity index (χ0n) is 9.37. The van der Waals surface area contributed by atoms with Crippen LogP contribution in [0.4, 0.5) is 5.69 Å². The molecule has 0 aromatic heterocycles. The highest BCUT2D eigenvalue weighted by atomic mass is 35.5. The summed E-state index contributed by atoms with van der Waals surface area (Å²) in [6.07, 6.45) is 0.778. The molecule has 0 bridgehead atoms. The van der Waals surface area contributed by atoms with Crippen LogP contribution in [0.5, 0.6) is 5.75 Å². The van der Waals surface area contributed by atoms with Crippen LogP contribution in [-0.4, -0.2) is 16.8 Å². The van der Waals surface area contributed by atoms with Gasteiger partial charge in [-0.15, -0.1) is 23.2 Å². The Balaban J connectivity index is 1.84. The smallest absolute Gasteiger partial charge is 0.221 e. The van der Waals surface area contributed by atoms with Crippen molar-refractivity contribution >= 4 is 34.8 Å². The SMILES string of the molecule is CC(=O)Nc1ccc(OC[C@@H]2CC2(Cl)Cl)cc1. The van der Waals surface area contributed by atoms with Crippen LogP contribution in [0.15, 0.2) is 24.3 Å². The fourth-order valence-corrected chi connectivity index (χ4v) is 1.98. The van der Waals surface area contributed by atoms with Crippen molar-refractivity contribution in [3.8, 4) is 5.75 Å². The molecule has 1 saturated carbocycles. The number of alkyl halides is 2. The molecule has 1 N–H and O–H groups in total. The van der Waals surface area contributed by atoms with E-state index in [1.165, 1.54) is 6.92 Å². The number of hydrogen-bond acceptors (Lipinski definition) is 2. The van der Waals surface area contributed by atoms with Crippen molar-refractivity contribution in [1.82, 2.24) is 0 Å². The van der Waals surface area contributed by atoms with E-state index in [0.717, 1.165) is 17.9 Å². The molecule has 0 aliphatic heterocycles. The van der Waals surface area contributed by atoms with E-state index < -0.39 is 4.33 Å². The van der Waals surface area contributed by atoms with Crippen LogP contribution in [0.3, 0.4) is 0 Å². The van der Waals surface area contributed by atoms with Crippen molar-refractivity contribution in [2.45, 2.75) is 17.7 Å². The minimum Gasteiger partial charge on any atom is -0.493 e. The summed E-state index contributed by atoms with van der Waals surface area (Å²) >= 11 is 11.8. The molecule has 17 heavy (non-hydrogen) atoms. The largest absolute Gasteiger partial charge is 0.493 e. The first kappa shape index (κ1) is 12.5. The van der Waals surface area contributed by atoms with Crippen LogP contribution in [0.25, 0.3) is 0 Å². The van der Waals surface area contributed by atoms with E-state index in [1.54, 1.807) is 24.3 Å². The molecule has 2 rings (SSSR count). The Hall–Kier alpha value is -0.930. The third-order valence-corrected chi connectivity index (χ3v) is 3.51. The zero-order chi connectivity index (χ0) is 12.5. The van der Waals surface area contributed by atoms with E-state index in [-0.39, 0.29) is 11.8 Å². The summed E-state index contributed by atoms with van der Waals surface area (Å²) in [5.41, 5.74) is 0.750. The lowest BCUT2D eigenvalue weighted by molar-refractivity contribution is -0.114. The second-order valence-corrected chi connectivity index (χ2v) is 5.72. The highest BCUT2D eigenvalue weighted by Gasteiger charge is 2.52. The maximum atomic E-state index is 10.8. The molecule has 3 nitrogen and oxygen atoms in total. The topological polar surface area (TPSA) is 38.3 Å². The van der Waals surface area contributed by atoms with Crippen LogP contribution < -0.4 is 10.1 Å². The van der Waals surface area contributed by atoms with Gasteiger partial charge in [0.25, 0.3) is 0 Å². The number of halogens is 2. The van der Waals surface area contributed by atoms with Crippen LogP contribution in [0.2, 0.25) is 0 Å². The van der Waals surface area contributed by atoms with Gasteiger partial charge in [-0.05, 0) is 30.7 Å². The lowest BCUT2D eigenvalue weighted by Crippen LogP contribution is -2.06. The molecular formula is C12H13Cl2NO2. The number of nitrogens with one attached hydrogen (secondary N) is 1. The number of ether oxygens (including phenoxy) is 1. The maximum absolute atomic E-state index is 10.8. The van der Waals surface area contributed by atoms with Crippen LogP contribution in [-0.2, 0) is 4.79 Å². The van der Waals surface area contributed by atoms with Gasteiger partial charge >= 0.3 is 0 Å². The molecule has 1 atom stereocenters. The summed E-state index contributed by atoms with van der Waals surface area (Å²) < 4.78 is 4.94. The molecule has 0 saturated heterocycles. The van der Waals surface area contributed by atoms with Crippen molar-refractivity contribution < 1.29 is 9.53 Å². The second kappa shape index (κ2) is 4.75. The summed E-state index contributed by atoms with van der Waals surface area (Å²) in [6.45, 7) is 1.99. The van der Waals surface area contributed by atoms with Crippen LogP contribution in [0.1, 0.15) is 13.3 Å². The van der Waals surface area contributed by atoms with Gasteiger partial charge in [-0.2, -0.15) is 0 Å². The predicted octanol–water partition coefficient (Wildman–Crippen LogP) is 3.22. The van der Waals surface area contributed by atoms with Gasteiger partial charge in [-0.3, -0.25) is 4.79 Å². The molecular weight excluding hydrogens is 261 g/mol. The van der Waals surface area contributed by atoms with Crippen molar-refractivity contribution in [3.63, 3.8) is 0 Å². The summed E-state index contributed by atoms with van der Waals surface area (Å²) in [5.74, 6) is 0.863. The van der Waals surface area contributed by atoms with Gasteiger partial charge < -0.3 is 10.1 Å². The first-order valence-corrected chi connectivity index (χ1v) is 6.11. The highest BCUT2D eigenvalue weighted by molar-refractivity contribution is 6.50. The standard InChI is InChI=1S/C12H13Cl2NO2/c1-8(16)15-10-2-4-11(5-3-10)17-7-9-6-12(9,13)14/h2-5,9H,6-7H2,1H3,(H,15,16)/t9-/m0/s1. The van der Waals surface area contributed by atoms with Gasteiger partial charge in [-0.25, -0.2) is 0 Å². The number of benzene rings is 1. The summed E-state index contributed by atoms with van der Waals surface area (Å²) in [7, 11) is 0. The monoisotopic (exact) mass is 273 g/mol. The molecule has 1 aliphatic carbocycles. The average Bonchev–Trinajstić information content (AvgIpc) is 2.85. The molecule has 1 aromatic carbocycles. The van der Waals surface area contributed by atoms with Gasteiger partial charge in [0.15, 0.2) is 0 Å². The fraction of sp³-hybridized carbons (Fsp3) is 0.417. The molecule has 5 heteroatoms. The molecule has 1 aromatic rings. The minimum absolute atomic E-state index is 0.0919. The summed E-state index contributed by atoms with van der Waals surface area (Å²) in [5, 5.41) is 2.69. The average molecular weight is 274 g/mol. The zero-order valence-corrected chi connectivity index (χ0v) is 10.9. The Labute approximate surface area is 110 Å². The number of hydrogen-bond donors (Lipinski definition) is 1. The molecule has 0 unspecified atom stereocenters. The van der Waals surface area contributed by atoms with E-state index >= 15 is 0 Å². The highest BCUT2D eigenvalue weighted by Crippen LogP contribution is 2.53. The molecule has 0 heterocycles. The Kier molecular flexibility index (Phi) is 3.50. The van der Waals surface area contributed by atoms with Crippen molar-refractivity contribution in [1.29, 1.82) is 0 Å². The fourth-order valence-electron chi connectivity index (χ4n) is 1.49. The predicted molar refractivity (Wildman–Crippen MR) is 68.8 cm³/mol. The van der Waals surface area contributed by atoms with Gasteiger partial charge in [0.1, 0.15) is 10.1 Å². The lowest BCUT2D eigenvalue weighted by atomic mass is 10.3. The summed E-state index contributed by atoms with van der Waals surface area (Å²) in [4.78, 5) is 10.8. The third-order valence-electron chi connectivity index (χ3n) is 2.58.